The monoisotopic (exact) mass is 287 g/mol. The van der Waals surface area contributed by atoms with Crippen LogP contribution in [0.3, 0.4) is 0 Å². The van der Waals surface area contributed by atoms with E-state index in [2.05, 4.69) is 0 Å². The number of aryl methyl sites for hydroxylation is 1. The number of carbonyl (C=O) groups is 1. The molecule has 0 atom stereocenters. The number of benzene rings is 1. The minimum absolute atomic E-state index is 0.0258. The molecular formula is C15H13NO5. The average molecular weight is 287 g/mol. The summed E-state index contributed by atoms with van der Waals surface area (Å²) in [5.74, 6) is 0.759. The highest BCUT2D eigenvalue weighted by Crippen LogP contribution is 2.14. The highest BCUT2D eigenvalue weighted by atomic mass is 16.6. The summed E-state index contributed by atoms with van der Waals surface area (Å²) in [6.07, 6.45) is 2.75. The van der Waals surface area contributed by atoms with E-state index in [-0.39, 0.29) is 12.3 Å². The van der Waals surface area contributed by atoms with Crippen molar-refractivity contribution in [2.45, 2.75) is 13.5 Å². The van der Waals surface area contributed by atoms with Crippen molar-refractivity contribution < 1.29 is 18.9 Å². The molecule has 0 aliphatic carbocycles. The molecule has 0 fully saturated rings. The van der Waals surface area contributed by atoms with Gasteiger partial charge in [-0.05, 0) is 30.7 Å². The van der Waals surface area contributed by atoms with E-state index < -0.39 is 10.9 Å². The largest absolute Gasteiger partial charge is 0.462 e. The Labute approximate surface area is 120 Å². The van der Waals surface area contributed by atoms with Gasteiger partial charge in [0.15, 0.2) is 0 Å². The first-order valence-corrected chi connectivity index (χ1v) is 6.19. The highest BCUT2D eigenvalue weighted by Gasteiger charge is 2.06. The minimum Gasteiger partial charge on any atom is -0.462 e. The van der Waals surface area contributed by atoms with Crippen LogP contribution in [0.15, 0.2) is 46.9 Å². The first-order chi connectivity index (χ1) is 10.0. The predicted octanol–water partition coefficient (Wildman–Crippen LogP) is 3.25. The number of rotatable bonds is 5. The van der Waals surface area contributed by atoms with E-state index in [4.69, 9.17) is 9.15 Å². The van der Waals surface area contributed by atoms with Gasteiger partial charge in [0, 0.05) is 18.2 Å². The van der Waals surface area contributed by atoms with Gasteiger partial charge in [0.05, 0.1) is 4.92 Å². The molecule has 21 heavy (non-hydrogen) atoms. The van der Waals surface area contributed by atoms with Crippen LogP contribution < -0.4 is 0 Å². The Bertz CT molecular complexity index is 687. The SMILES string of the molecule is Cc1ccc(/C=C/C(=O)OCc2cccc([N+](=O)[O-])c2)o1. The van der Waals surface area contributed by atoms with E-state index in [0.717, 1.165) is 5.76 Å². The smallest absolute Gasteiger partial charge is 0.331 e. The maximum Gasteiger partial charge on any atom is 0.331 e. The molecule has 0 saturated carbocycles. The van der Waals surface area contributed by atoms with Crippen LogP contribution >= 0.6 is 0 Å². The molecule has 108 valence electrons. The lowest BCUT2D eigenvalue weighted by Crippen LogP contribution is -2.01. The molecule has 0 unspecified atom stereocenters. The van der Waals surface area contributed by atoms with Gasteiger partial charge >= 0.3 is 5.97 Å². The van der Waals surface area contributed by atoms with E-state index >= 15 is 0 Å². The molecule has 0 aliphatic heterocycles. The number of hydrogen-bond donors (Lipinski definition) is 0. The Hall–Kier alpha value is -2.89. The summed E-state index contributed by atoms with van der Waals surface area (Å²) in [6, 6.07) is 9.47. The van der Waals surface area contributed by atoms with Crippen molar-refractivity contribution in [3.05, 3.63) is 69.7 Å². The van der Waals surface area contributed by atoms with Gasteiger partial charge in [-0.3, -0.25) is 10.1 Å². The molecule has 6 nitrogen and oxygen atoms in total. The normalized spacial score (nSPS) is 10.7. The Balaban J connectivity index is 1.90. The number of hydrogen-bond acceptors (Lipinski definition) is 5. The zero-order chi connectivity index (χ0) is 15.2. The molecule has 0 saturated heterocycles. The van der Waals surface area contributed by atoms with E-state index in [0.29, 0.717) is 11.3 Å². The number of ether oxygens (including phenoxy) is 1. The molecule has 2 aromatic rings. The molecule has 0 aliphatic rings. The van der Waals surface area contributed by atoms with E-state index in [1.54, 1.807) is 31.2 Å². The van der Waals surface area contributed by atoms with Gasteiger partial charge in [-0.25, -0.2) is 4.79 Å². The summed E-state index contributed by atoms with van der Waals surface area (Å²) in [5, 5.41) is 10.6. The molecule has 0 amide bonds. The zero-order valence-electron chi connectivity index (χ0n) is 11.3. The number of furan rings is 1. The fraction of sp³-hybridized carbons (Fsp3) is 0.133. The summed E-state index contributed by atoms with van der Waals surface area (Å²) >= 11 is 0. The fourth-order valence-corrected chi connectivity index (χ4v) is 1.66. The van der Waals surface area contributed by atoms with Crippen molar-refractivity contribution in [2.24, 2.45) is 0 Å². The Morgan fingerprint density at radius 1 is 1.38 bits per heavy atom. The van der Waals surface area contributed by atoms with Gasteiger partial charge in [-0.15, -0.1) is 0 Å². The summed E-state index contributed by atoms with van der Waals surface area (Å²) < 4.78 is 10.3. The lowest BCUT2D eigenvalue weighted by molar-refractivity contribution is -0.384. The summed E-state index contributed by atoms with van der Waals surface area (Å²) in [5.41, 5.74) is 0.518. The van der Waals surface area contributed by atoms with E-state index in [9.17, 15) is 14.9 Å². The summed E-state index contributed by atoms with van der Waals surface area (Å²) in [6.45, 7) is 1.78. The van der Waals surface area contributed by atoms with Crippen LogP contribution in [0, 0.1) is 17.0 Å². The van der Waals surface area contributed by atoms with Crippen LogP contribution in [0.4, 0.5) is 5.69 Å². The molecule has 2 rings (SSSR count). The average Bonchev–Trinajstić information content (AvgIpc) is 2.89. The fourth-order valence-electron chi connectivity index (χ4n) is 1.66. The lowest BCUT2D eigenvalue weighted by atomic mass is 10.2. The second-order valence-corrected chi connectivity index (χ2v) is 4.32. The van der Waals surface area contributed by atoms with Crippen LogP contribution in [-0.4, -0.2) is 10.9 Å². The van der Waals surface area contributed by atoms with Gasteiger partial charge in [-0.1, -0.05) is 12.1 Å². The quantitative estimate of drug-likeness (QED) is 0.365. The second kappa shape index (κ2) is 6.51. The third kappa shape index (κ3) is 4.31. The Morgan fingerprint density at radius 2 is 2.19 bits per heavy atom. The van der Waals surface area contributed by atoms with Crippen molar-refractivity contribution >= 4 is 17.7 Å². The molecule has 0 radical (unpaired) electrons. The lowest BCUT2D eigenvalue weighted by Gasteiger charge is -2.01. The number of carbonyl (C=O) groups excluding carboxylic acids is 1. The maximum atomic E-state index is 11.5. The standard InChI is InChI=1S/C15H13NO5/c1-11-5-6-14(21-11)7-8-15(17)20-10-12-3-2-4-13(9-12)16(18)19/h2-9H,10H2,1H3/b8-7+. The van der Waals surface area contributed by atoms with Crippen LogP contribution in [-0.2, 0) is 16.1 Å². The first-order valence-electron chi connectivity index (χ1n) is 6.19. The Morgan fingerprint density at radius 3 is 2.86 bits per heavy atom. The third-order valence-electron chi connectivity index (χ3n) is 2.65. The van der Waals surface area contributed by atoms with Gasteiger partial charge < -0.3 is 9.15 Å². The molecule has 0 bridgehead atoms. The number of non-ortho nitro benzene ring substituents is 1. The molecule has 1 aromatic heterocycles. The molecule has 0 N–H and O–H groups in total. The minimum atomic E-state index is -0.546. The van der Waals surface area contributed by atoms with Crippen molar-refractivity contribution in [2.75, 3.05) is 0 Å². The molecule has 1 aromatic carbocycles. The molecule has 6 heteroatoms. The van der Waals surface area contributed by atoms with Gasteiger partial charge in [0.2, 0.25) is 0 Å². The van der Waals surface area contributed by atoms with Gasteiger partial charge in [0.1, 0.15) is 18.1 Å². The second-order valence-electron chi connectivity index (χ2n) is 4.32. The number of nitrogens with zero attached hydrogens (tertiary/aromatic N) is 1. The van der Waals surface area contributed by atoms with Crippen LogP contribution in [0.5, 0.6) is 0 Å². The third-order valence-corrected chi connectivity index (χ3v) is 2.65. The van der Waals surface area contributed by atoms with Crippen molar-refractivity contribution in [1.29, 1.82) is 0 Å². The topological polar surface area (TPSA) is 82.6 Å². The first kappa shape index (κ1) is 14.5. The van der Waals surface area contributed by atoms with E-state index in [1.807, 2.05) is 0 Å². The van der Waals surface area contributed by atoms with Crippen molar-refractivity contribution in [3.8, 4) is 0 Å². The summed E-state index contributed by atoms with van der Waals surface area (Å²) in [7, 11) is 0. The van der Waals surface area contributed by atoms with E-state index in [1.165, 1.54) is 24.3 Å². The van der Waals surface area contributed by atoms with Gasteiger partial charge in [0.25, 0.3) is 5.69 Å². The van der Waals surface area contributed by atoms with Crippen LogP contribution in [0.2, 0.25) is 0 Å². The summed E-state index contributed by atoms with van der Waals surface area (Å²) in [4.78, 5) is 21.7. The van der Waals surface area contributed by atoms with Crippen LogP contribution in [0.25, 0.3) is 6.08 Å². The molecular weight excluding hydrogens is 274 g/mol. The number of nitro groups is 1. The maximum absolute atomic E-state index is 11.5. The number of esters is 1. The molecule has 1 heterocycles. The highest BCUT2D eigenvalue weighted by molar-refractivity contribution is 5.86. The van der Waals surface area contributed by atoms with Crippen molar-refractivity contribution in [3.63, 3.8) is 0 Å². The van der Waals surface area contributed by atoms with Gasteiger partial charge in [-0.2, -0.15) is 0 Å². The van der Waals surface area contributed by atoms with Crippen molar-refractivity contribution in [1.82, 2.24) is 0 Å². The molecule has 0 spiro atoms. The predicted molar refractivity (Wildman–Crippen MR) is 75.4 cm³/mol. The van der Waals surface area contributed by atoms with Crippen LogP contribution in [0.1, 0.15) is 17.1 Å². The number of nitro benzene ring substituents is 1. The Kier molecular flexibility index (Phi) is 4.50. The zero-order valence-corrected chi connectivity index (χ0v) is 11.3.